The van der Waals surface area contributed by atoms with E-state index in [4.69, 9.17) is 4.74 Å². The second-order valence-corrected chi connectivity index (χ2v) is 8.21. The molecule has 1 aliphatic heterocycles. The van der Waals surface area contributed by atoms with Crippen molar-refractivity contribution in [1.82, 2.24) is 10.2 Å². The molecule has 2 amide bonds. The monoisotopic (exact) mass is 324 g/mol. The van der Waals surface area contributed by atoms with Crippen molar-refractivity contribution in [2.24, 2.45) is 11.8 Å². The number of ether oxygens (including phenoxy) is 1. The molecule has 5 heteroatoms. The molecule has 0 aromatic heterocycles. The van der Waals surface area contributed by atoms with E-state index in [1.807, 2.05) is 25.7 Å². The van der Waals surface area contributed by atoms with Gasteiger partial charge in [-0.15, -0.1) is 0 Å². The van der Waals surface area contributed by atoms with Crippen molar-refractivity contribution in [3.8, 4) is 0 Å². The summed E-state index contributed by atoms with van der Waals surface area (Å²) in [4.78, 5) is 26.3. The molecule has 0 spiro atoms. The molecule has 23 heavy (non-hydrogen) atoms. The molecule has 0 unspecified atom stereocenters. The Morgan fingerprint density at radius 1 is 1.17 bits per heavy atom. The third kappa shape index (κ3) is 5.70. The molecule has 2 rings (SSSR count). The topological polar surface area (TPSA) is 58.6 Å². The number of carbonyl (C=O) groups is 2. The molecule has 132 valence electrons. The minimum atomic E-state index is -0.481. The number of carbonyl (C=O) groups excluding carboxylic acids is 2. The van der Waals surface area contributed by atoms with Gasteiger partial charge in [-0.1, -0.05) is 19.8 Å². The molecule has 1 saturated carbocycles. The molecule has 1 saturated heterocycles. The molecule has 5 nitrogen and oxygen atoms in total. The number of alkyl carbamates (subject to hydrolysis) is 1. The van der Waals surface area contributed by atoms with Crippen molar-refractivity contribution in [3.63, 3.8) is 0 Å². The molecule has 0 aromatic rings. The molecule has 0 bridgehead atoms. The highest BCUT2D eigenvalue weighted by atomic mass is 16.6. The van der Waals surface area contributed by atoms with Gasteiger partial charge in [-0.2, -0.15) is 0 Å². The van der Waals surface area contributed by atoms with Gasteiger partial charge >= 0.3 is 6.09 Å². The van der Waals surface area contributed by atoms with Crippen LogP contribution < -0.4 is 5.32 Å². The van der Waals surface area contributed by atoms with Crippen LogP contribution in [0.25, 0.3) is 0 Å². The highest BCUT2D eigenvalue weighted by molar-refractivity contribution is 5.76. The SMILES string of the molecule is C[C@@H]1CN(C(=O)CC2CCCC2)CC[C@H]1NC(=O)OC(C)(C)C. The number of rotatable bonds is 3. The van der Waals surface area contributed by atoms with E-state index in [-0.39, 0.29) is 18.1 Å². The fourth-order valence-electron chi connectivity index (χ4n) is 3.64. The van der Waals surface area contributed by atoms with Gasteiger partial charge in [0.15, 0.2) is 0 Å². The van der Waals surface area contributed by atoms with Gasteiger partial charge < -0.3 is 15.0 Å². The van der Waals surface area contributed by atoms with Crippen LogP contribution in [0.4, 0.5) is 4.79 Å². The van der Waals surface area contributed by atoms with Crippen molar-refractivity contribution in [2.45, 2.75) is 77.9 Å². The summed E-state index contributed by atoms with van der Waals surface area (Å²) >= 11 is 0. The van der Waals surface area contributed by atoms with Gasteiger partial charge in [0.05, 0.1) is 0 Å². The Balaban J connectivity index is 1.77. The molecule has 1 heterocycles. The Kier molecular flexibility index (Phi) is 5.93. The van der Waals surface area contributed by atoms with E-state index in [2.05, 4.69) is 12.2 Å². The van der Waals surface area contributed by atoms with Crippen molar-refractivity contribution >= 4 is 12.0 Å². The molecule has 2 fully saturated rings. The van der Waals surface area contributed by atoms with Gasteiger partial charge in [0, 0.05) is 25.6 Å². The number of hydrogen-bond acceptors (Lipinski definition) is 3. The van der Waals surface area contributed by atoms with Crippen LogP contribution in [0.15, 0.2) is 0 Å². The third-order valence-corrected chi connectivity index (χ3v) is 4.90. The summed E-state index contributed by atoms with van der Waals surface area (Å²) in [5.74, 6) is 1.14. The zero-order valence-electron chi connectivity index (χ0n) is 15.1. The van der Waals surface area contributed by atoms with Gasteiger partial charge in [0.2, 0.25) is 5.91 Å². The van der Waals surface area contributed by atoms with Crippen molar-refractivity contribution in [3.05, 3.63) is 0 Å². The van der Waals surface area contributed by atoms with Crippen LogP contribution in [-0.2, 0) is 9.53 Å². The minimum Gasteiger partial charge on any atom is -0.444 e. The first kappa shape index (κ1) is 18.1. The third-order valence-electron chi connectivity index (χ3n) is 4.90. The largest absolute Gasteiger partial charge is 0.444 e. The van der Waals surface area contributed by atoms with E-state index in [0.717, 1.165) is 19.5 Å². The van der Waals surface area contributed by atoms with Gasteiger partial charge in [-0.25, -0.2) is 4.79 Å². The lowest BCUT2D eigenvalue weighted by Gasteiger charge is -2.37. The number of likely N-dealkylation sites (tertiary alicyclic amines) is 1. The number of nitrogens with zero attached hydrogens (tertiary/aromatic N) is 1. The van der Waals surface area contributed by atoms with Crippen LogP contribution in [0.5, 0.6) is 0 Å². The molecule has 2 aliphatic rings. The zero-order valence-corrected chi connectivity index (χ0v) is 15.1. The van der Waals surface area contributed by atoms with Crippen molar-refractivity contribution in [2.75, 3.05) is 13.1 Å². The summed E-state index contributed by atoms with van der Waals surface area (Å²) in [5, 5.41) is 2.96. The van der Waals surface area contributed by atoms with E-state index < -0.39 is 5.60 Å². The molecular formula is C18H32N2O3. The molecule has 2 atom stereocenters. The van der Waals surface area contributed by atoms with Crippen LogP contribution in [0.1, 0.15) is 66.2 Å². The van der Waals surface area contributed by atoms with Gasteiger partial charge in [0.25, 0.3) is 0 Å². The van der Waals surface area contributed by atoms with E-state index in [1.165, 1.54) is 25.7 Å². The molecule has 0 aromatic carbocycles. The number of amides is 2. The second kappa shape index (κ2) is 7.54. The van der Waals surface area contributed by atoms with Crippen LogP contribution in [-0.4, -0.2) is 41.6 Å². The molecule has 0 radical (unpaired) electrons. The highest BCUT2D eigenvalue weighted by Crippen LogP contribution is 2.29. The Bertz CT molecular complexity index is 424. The fraction of sp³-hybridized carbons (Fsp3) is 0.889. The summed E-state index contributed by atoms with van der Waals surface area (Å²) in [7, 11) is 0. The maximum Gasteiger partial charge on any atom is 0.407 e. The predicted octanol–water partition coefficient (Wildman–Crippen LogP) is 3.33. The Hall–Kier alpha value is -1.26. The smallest absolute Gasteiger partial charge is 0.407 e. The average molecular weight is 324 g/mol. The van der Waals surface area contributed by atoms with Crippen LogP contribution in [0.3, 0.4) is 0 Å². The predicted molar refractivity (Wildman–Crippen MR) is 90.1 cm³/mol. The van der Waals surface area contributed by atoms with Gasteiger partial charge in [-0.05, 0) is 51.9 Å². The van der Waals surface area contributed by atoms with Crippen molar-refractivity contribution < 1.29 is 14.3 Å². The molecular weight excluding hydrogens is 292 g/mol. The number of piperidine rings is 1. The van der Waals surface area contributed by atoms with E-state index >= 15 is 0 Å². The minimum absolute atomic E-state index is 0.0837. The Labute approximate surface area is 140 Å². The summed E-state index contributed by atoms with van der Waals surface area (Å²) in [5.41, 5.74) is -0.481. The maximum absolute atomic E-state index is 12.4. The van der Waals surface area contributed by atoms with E-state index in [1.54, 1.807) is 0 Å². The quantitative estimate of drug-likeness (QED) is 0.866. The average Bonchev–Trinajstić information content (AvgIpc) is 2.91. The summed E-state index contributed by atoms with van der Waals surface area (Å²) < 4.78 is 5.32. The molecule has 1 aliphatic carbocycles. The van der Waals surface area contributed by atoms with Crippen LogP contribution >= 0.6 is 0 Å². The zero-order chi connectivity index (χ0) is 17.0. The Morgan fingerprint density at radius 3 is 2.39 bits per heavy atom. The molecule has 1 N–H and O–H groups in total. The highest BCUT2D eigenvalue weighted by Gasteiger charge is 2.31. The summed E-state index contributed by atoms with van der Waals surface area (Å²) in [6.07, 6.45) is 6.11. The van der Waals surface area contributed by atoms with E-state index in [9.17, 15) is 9.59 Å². The first-order chi connectivity index (χ1) is 10.7. The Morgan fingerprint density at radius 2 is 1.83 bits per heavy atom. The van der Waals surface area contributed by atoms with Crippen LogP contribution in [0, 0.1) is 11.8 Å². The van der Waals surface area contributed by atoms with Gasteiger partial charge in [0.1, 0.15) is 5.60 Å². The number of nitrogens with one attached hydrogen (secondary N) is 1. The first-order valence-corrected chi connectivity index (χ1v) is 9.02. The van der Waals surface area contributed by atoms with Gasteiger partial charge in [-0.3, -0.25) is 4.79 Å². The lowest BCUT2D eigenvalue weighted by Crippen LogP contribution is -2.52. The lowest BCUT2D eigenvalue weighted by molar-refractivity contribution is -0.134. The van der Waals surface area contributed by atoms with Crippen LogP contribution in [0.2, 0.25) is 0 Å². The summed E-state index contributed by atoms with van der Waals surface area (Å²) in [6, 6.07) is 0.0837. The van der Waals surface area contributed by atoms with E-state index in [0.29, 0.717) is 18.2 Å². The second-order valence-electron chi connectivity index (χ2n) is 8.21. The van der Waals surface area contributed by atoms with Crippen molar-refractivity contribution in [1.29, 1.82) is 0 Å². The first-order valence-electron chi connectivity index (χ1n) is 9.02. The summed E-state index contributed by atoms with van der Waals surface area (Å²) in [6.45, 7) is 9.14. The lowest BCUT2D eigenvalue weighted by atomic mass is 9.93. The fourth-order valence-corrected chi connectivity index (χ4v) is 3.64. The standard InChI is InChI=1S/C18H32N2O3/c1-13-12-20(16(21)11-14-7-5-6-8-14)10-9-15(13)19-17(22)23-18(2,3)4/h13-15H,5-12H2,1-4H3,(H,19,22)/t13-,15-/m1/s1. The number of hydrogen-bond donors (Lipinski definition) is 1. The normalized spacial score (nSPS) is 26.2. The maximum atomic E-state index is 12.4.